The van der Waals surface area contributed by atoms with E-state index >= 15 is 0 Å². The molecule has 0 aliphatic heterocycles. The van der Waals surface area contributed by atoms with Gasteiger partial charge < -0.3 is 9.84 Å². The Morgan fingerprint density at radius 3 is 2.36 bits per heavy atom. The van der Waals surface area contributed by atoms with Gasteiger partial charge >= 0.3 is 5.97 Å². The van der Waals surface area contributed by atoms with E-state index in [4.69, 9.17) is 4.74 Å². The molecule has 3 aromatic rings. The van der Waals surface area contributed by atoms with E-state index in [1.54, 1.807) is 13.8 Å². The van der Waals surface area contributed by atoms with Gasteiger partial charge in [0.25, 0.3) is 5.91 Å². The first-order chi connectivity index (χ1) is 13.3. The molecule has 1 heterocycles. The Balaban J connectivity index is 2.35. The van der Waals surface area contributed by atoms with Gasteiger partial charge in [0.1, 0.15) is 5.82 Å². The van der Waals surface area contributed by atoms with E-state index in [-0.39, 0.29) is 16.8 Å². The van der Waals surface area contributed by atoms with E-state index in [9.17, 15) is 23.5 Å². The molecule has 0 amide bonds. The molecule has 0 fully saturated rings. The molecule has 0 saturated carbocycles. The van der Waals surface area contributed by atoms with Crippen LogP contribution in [0.15, 0.2) is 36.4 Å². The van der Waals surface area contributed by atoms with E-state index in [2.05, 4.69) is 0 Å². The van der Waals surface area contributed by atoms with Crippen molar-refractivity contribution in [3.63, 3.8) is 0 Å². The number of methoxy groups -OCH3 is 1. The topological polar surface area (TPSA) is 68.5 Å². The molecule has 0 spiro atoms. The quantitative estimate of drug-likeness (QED) is 0.700. The van der Waals surface area contributed by atoms with Crippen molar-refractivity contribution in [2.75, 3.05) is 7.11 Å². The van der Waals surface area contributed by atoms with Crippen molar-refractivity contribution in [1.29, 1.82) is 0 Å². The number of carbonyl (C=O) groups is 2. The van der Waals surface area contributed by atoms with Gasteiger partial charge in [0.2, 0.25) is 0 Å². The molecule has 28 heavy (non-hydrogen) atoms. The number of carboxylic acid groups (broad SMARTS) is 1. The molecule has 0 aliphatic carbocycles. The van der Waals surface area contributed by atoms with Gasteiger partial charge in [0.15, 0.2) is 11.6 Å². The minimum atomic E-state index is -1.04. The second kappa shape index (κ2) is 7.42. The van der Waals surface area contributed by atoms with Gasteiger partial charge in [-0.1, -0.05) is 6.92 Å². The van der Waals surface area contributed by atoms with Crippen molar-refractivity contribution in [2.45, 2.75) is 26.2 Å². The number of aliphatic carboxylic acids is 1. The lowest BCUT2D eigenvalue weighted by atomic mass is 9.94. The van der Waals surface area contributed by atoms with Gasteiger partial charge in [-0.2, -0.15) is 0 Å². The van der Waals surface area contributed by atoms with Crippen LogP contribution in [0.5, 0.6) is 5.75 Å². The zero-order chi connectivity index (χ0) is 20.6. The molecule has 0 saturated heterocycles. The first kappa shape index (κ1) is 19.5. The molecule has 0 aliphatic rings. The first-order valence-electron chi connectivity index (χ1n) is 8.71. The third-order valence-electron chi connectivity index (χ3n) is 4.88. The Morgan fingerprint density at radius 1 is 1.18 bits per heavy atom. The van der Waals surface area contributed by atoms with Gasteiger partial charge in [-0.25, -0.2) is 8.78 Å². The predicted molar refractivity (Wildman–Crippen MR) is 100.0 cm³/mol. The fourth-order valence-electron chi connectivity index (χ4n) is 3.52. The minimum absolute atomic E-state index is 0.0413. The van der Waals surface area contributed by atoms with Crippen LogP contribution in [0.25, 0.3) is 10.9 Å². The van der Waals surface area contributed by atoms with E-state index < -0.39 is 29.4 Å². The number of nitrogens with zero attached hydrogens (tertiary/aromatic N) is 1. The molecule has 7 heteroatoms. The molecule has 2 aromatic carbocycles. The fourth-order valence-corrected chi connectivity index (χ4v) is 3.52. The second-order valence-electron chi connectivity index (χ2n) is 6.45. The summed E-state index contributed by atoms with van der Waals surface area (Å²) in [5.41, 5.74) is 1.26. The molecule has 0 bridgehead atoms. The van der Waals surface area contributed by atoms with Crippen molar-refractivity contribution in [3.05, 3.63) is 64.9 Å². The summed E-state index contributed by atoms with van der Waals surface area (Å²) in [7, 11) is 1.31. The Hall–Kier alpha value is -3.22. The van der Waals surface area contributed by atoms with Crippen LogP contribution >= 0.6 is 0 Å². The lowest BCUT2D eigenvalue weighted by Crippen LogP contribution is -2.16. The summed E-state index contributed by atoms with van der Waals surface area (Å²) in [6, 6.07) is 7.54. The molecule has 1 N–H and O–H groups in total. The van der Waals surface area contributed by atoms with Crippen molar-refractivity contribution >= 4 is 22.8 Å². The van der Waals surface area contributed by atoms with Crippen LogP contribution in [0, 0.1) is 18.6 Å². The van der Waals surface area contributed by atoms with Crippen molar-refractivity contribution < 1.29 is 28.2 Å². The maximum absolute atomic E-state index is 14.4. The third-order valence-corrected chi connectivity index (χ3v) is 4.88. The highest BCUT2D eigenvalue weighted by atomic mass is 19.1. The predicted octanol–water partition coefficient (Wildman–Crippen LogP) is 4.50. The van der Waals surface area contributed by atoms with Crippen LogP contribution in [0.4, 0.5) is 8.78 Å². The number of halogens is 2. The molecular formula is C21H19F2NO4. The summed E-state index contributed by atoms with van der Waals surface area (Å²) in [6.07, 6.45) is 0.291. The van der Waals surface area contributed by atoms with E-state index in [1.807, 2.05) is 0 Å². The van der Waals surface area contributed by atoms with Crippen molar-refractivity contribution in [2.24, 2.45) is 0 Å². The average Bonchev–Trinajstić information content (AvgIpc) is 2.93. The number of benzene rings is 2. The van der Waals surface area contributed by atoms with Gasteiger partial charge in [0.05, 0.1) is 18.5 Å². The zero-order valence-corrected chi connectivity index (χ0v) is 15.6. The number of rotatable bonds is 5. The third kappa shape index (κ3) is 3.13. The highest BCUT2D eigenvalue weighted by Crippen LogP contribution is 2.37. The summed E-state index contributed by atoms with van der Waals surface area (Å²) in [6.45, 7) is 3.34. The maximum Gasteiger partial charge on any atom is 0.311 e. The van der Waals surface area contributed by atoms with E-state index in [0.29, 0.717) is 23.1 Å². The van der Waals surface area contributed by atoms with Crippen LogP contribution in [0.1, 0.15) is 40.9 Å². The number of hydrogen-bond acceptors (Lipinski definition) is 3. The Labute approximate surface area is 160 Å². The van der Waals surface area contributed by atoms with E-state index in [0.717, 1.165) is 18.2 Å². The molecule has 1 unspecified atom stereocenters. The van der Waals surface area contributed by atoms with Crippen LogP contribution in [-0.2, 0) is 4.79 Å². The standard InChI is InChI=1S/C21H19F2NO4/c1-4-14(21(26)27)19-11(2)24(20(25)12-5-7-13(22)8-6-12)17-10-16(23)18(28-3)9-15(17)19/h5-10,14H,4H2,1-3H3,(H,26,27). The SMILES string of the molecule is CCC(C(=O)O)c1c(C)n(C(=O)c2ccc(F)cc2)c2cc(F)c(OC)cc12. The second-order valence-corrected chi connectivity index (χ2v) is 6.45. The van der Waals surface area contributed by atoms with Crippen LogP contribution in [-0.4, -0.2) is 28.7 Å². The Kier molecular flexibility index (Phi) is 5.18. The smallest absolute Gasteiger partial charge is 0.311 e. The van der Waals surface area contributed by atoms with Crippen LogP contribution in [0.3, 0.4) is 0 Å². The number of carboxylic acids is 1. The van der Waals surface area contributed by atoms with Gasteiger partial charge in [-0.15, -0.1) is 0 Å². The van der Waals surface area contributed by atoms with Crippen molar-refractivity contribution in [1.82, 2.24) is 4.57 Å². The molecule has 0 radical (unpaired) electrons. The van der Waals surface area contributed by atoms with Gasteiger partial charge in [-0.05, 0) is 49.2 Å². The highest BCUT2D eigenvalue weighted by Gasteiger charge is 2.29. The maximum atomic E-state index is 14.4. The molecule has 1 atom stereocenters. The first-order valence-corrected chi connectivity index (χ1v) is 8.71. The van der Waals surface area contributed by atoms with Crippen LogP contribution < -0.4 is 4.74 Å². The number of aromatic nitrogens is 1. The summed E-state index contributed by atoms with van der Waals surface area (Å²) in [5.74, 6) is -3.62. The monoisotopic (exact) mass is 387 g/mol. The molecule has 146 valence electrons. The fraction of sp³-hybridized carbons (Fsp3) is 0.238. The summed E-state index contributed by atoms with van der Waals surface area (Å²) in [4.78, 5) is 24.9. The summed E-state index contributed by atoms with van der Waals surface area (Å²) in [5, 5.41) is 10.1. The molecule has 3 rings (SSSR count). The summed E-state index contributed by atoms with van der Waals surface area (Å²) >= 11 is 0. The Bertz CT molecular complexity index is 1070. The lowest BCUT2D eigenvalue weighted by Gasteiger charge is -2.12. The number of fused-ring (bicyclic) bond motifs is 1. The molecular weight excluding hydrogens is 368 g/mol. The molecule has 5 nitrogen and oxygen atoms in total. The zero-order valence-electron chi connectivity index (χ0n) is 15.6. The van der Waals surface area contributed by atoms with E-state index in [1.165, 1.54) is 29.9 Å². The highest BCUT2D eigenvalue weighted by molar-refractivity contribution is 6.05. The van der Waals surface area contributed by atoms with Gasteiger partial charge in [-0.3, -0.25) is 14.2 Å². The largest absolute Gasteiger partial charge is 0.494 e. The Morgan fingerprint density at radius 2 is 1.82 bits per heavy atom. The normalized spacial score (nSPS) is 12.2. The van der Waals surface area contributed by atoms with Crippen molar-refractivity contribution in [3.8, 4) is 5.75 Å². The minimum Gasteiger partial charge on any atom is -0.494 e. The number of hydrogen-bond donors (Lipinski definition) is 1. The lowest BCUT2D eigenvalue weighted by molar-refractivity contribution is -0.138. The van der Waals surface area contributed by atoms with Gasteiger partial charge in [0, 0.05) is 22.7 Å². The molecule has 1 aromatic heterocycles. The number of ether oxygens (including phenoxy) is 1. The summed E-state index contributed by atoms with van der Waals surface area (Å²) < 4.78 is 33.9. The average molecular weight is 387 g/mol. The number of carbonyl (C=O) groups excluding carboxylic acids is 1. The van der Waals surface area contributed by atoms with Crippen LogP contribution in [0.2, 0.25) is 0 Å².